The van der Waals surface area contributed by atoms with Gasteiger partial charge in [0.15, 0.2) is 0 Å². The molecule has 4 nitrogen and oxygen atoms in total. The molecule has 0 unspecified atom stereocenters. The molecule has 1 aromatic rings. The fourth-order valence-electron chi connectivity index (χ4n) is 1.46. The molecule has 0 aromatic heterocycles. The van der Waals surface area contributed by atoms with Crippen LogP contribution in [0.15, 0.2) is 12.1 Å². The normalized spacial score (nSPS) is 12.1. The molecule has 21 heavy (non-hydrogen) atoms. The highest BCUT2D eigenvalue weighted by Gasteiger charge is 2.53. The molecule has 0 radical (unpaired) electrons. The summed E-state index contributed by atoms with van der Waals surface area (Å²) in [4.78, 5) is 22.8. The summed E-state index contributed by atoms with van der Waals surface area (Å²) in [6.07, 6.45) is -4.75. The summed E-state index contributed by atoms with van der Waals surface area (Å²) in [5.41, 5.74) is -2.85. The van der Waals surface area contributed by atoms with Gasteiger partial charge in [-0.1, -0.05) is 11.6 Å². The lowest BCUT2D eigenvalue weighted by molar-refractivity contribution is -0.208. The van der Waals surface area contributed by atoms with Crippen molar-refractivity contribution >= 4 is 29.2 Å². The van der Waals surface area contributed by atoms with Gasteiger partial charge in [0.05, 0.1) is 16.3 Å². The lowest BCUT2D eigenvalue weighted by Gasteiger charge is -2.27. The number of nitrogens with one attached hydrogen (secondary N) is 1. The Morgan fingerprint density at radius 2 is 1.76 bits per heavy atom. The Morgan fingerprint density at radius 1 is 1.24 bits per heavy atom. The maximum Gasteiger partial charge on any atom is 0.402 e. The monoisotopic (exact) mass is 323 g/mol. The lowest BCUT2D eigenvalue weighted by atomic mass is 9.91. The highest BCUT2D eigenvalue weighted by Crippen LogP contribution is 2.39. The summed E-state index contributed by atoms with van der Waals surface area (Å²) in [7, 11) is 0. The van der Waals surface area contributed by atoms with Crippen LogP contribution in [0, 0.1) is 12.3 Å². The second-order valence-electron chi connectivity index (χ2n) is 4.98. The number of halogens is 4. The number of anilines is 1. The van der Waals surface area contributed by atoms with E-state index >= 15 is 0 Å². The Hall–Kier alpha value is -1.76. The van der Waals surface area contributed by atoms with E-state index in [4.69, 9.17) is 16.7 Å². The predicted molar refractivity (Wildman–Crippen MR) is 71.6 cm³/mol. The van der Waals surface area contributed by atoms with E-state index in [9.17, 15) is 22.8 Å². The van der Waals surface area contributed by atoms with Crippen LogP contribution in [0.3, 0.4) is 0 Å². The van der Waals surface area contributed by atoms with Crippen LogP contribution in [0.2, 0.25) is 5.02 Å². The summed E-state index contributed by atoms with van der Waals surface area (Å²) in [6, 6.07) is 2.42. The maximum absolute atomic E-state index is 12.8. The quantitative estimate of drug-likeness (QED) is 0.887. The Kier molecular flexibility index (Phi) is 4.57. The van der Waals surface area contributed by atoms with E-state index in [0.29, 0.717) is 0 Å². The average Bonchev–Trinajstić information content (AvgIpc) is 2.32. The number of rotatable bonds is 3. The van der Waals surface area contributed by atoms with Crippen LogP contribution in [0.1, 0.15) is 29.8 Å². The van der Waals surface area contributed by atoms with Crippen molar-refractivity contribution in [3.8, 4) is 0 Å². The molecule has 0 heterocycles. The van der Waals surface area contributed by atoms with Crippen molar-refractivity contribution < 1.29 is 27.9 Å². The third-order valence-electron chi connectivity index (χ3n) is 3.16. The minimum Gasteiger partial charge on any atom is -0.478 e. The first-order chi connectivity index (χ1) is 9.39. The molecule has 0 saturated carbocycles. The molecule has 0 aliphatic rings. The average molecular weight is 324 g/mol. The van der Waals surface area contributed by atoms with Crippen molar-refractivity contribution in [1.82, 2.24) is 0 Å². The summed E-state index contributed by atoms with van der Waals surface area (Å²) in [5, 5.41) is 11.0. The van der Waals surface area contributed by atoms with E-state index < -0.39 is 23.5 Å². The first kappa shape index (κ1) is 17.3. The van der Waals surface area contributed by atoms with E-state index in [1.54, 1.807) is 0 Å². The van der Waals surface area contributed by atoms with E-state index in [1.165, 1.54) is 19.1 Å². The molecule has 1 amide bonds. The summed E-state index contributed by atoms with van der Waals surface area (Å²) in [6.45, 7) is 2.81. The second kappa shape index (κ2) is 5.55. The van der Waals surface area contributed by atoms with Crippen molar-refractivity contribution in [3.05, 3.63) is 28.3 Å². The van der Waals surface area contributed by atoms with Gasteiger partial charge in [-0.2, -0.15) is 13.2 Å². The predicted octanol–water partition coefficient (Wildman–Crippen LogP) is 3.87. The van der Waals surface area contributed by atoms with Crippen molar-refractivity contribution in [2.75, 3.05) is 5.32 Å². The topological polar surface area (TPSA) is 66.4 Å². The maximum atomic E-state index is 12.8. The van der Waals surface area contributed by atoms with Crippen molar-refractivity contribution in [2.45, 2.75) is 26.9 Å². The number of aromatic carboxylic acids is 1. The first-order valence-electron chi connectivity index (χ1n) is 5.80. The largest absolute Gasteiger partial charge is 0.478 e. The Labute approximate surface area is 123 Å². The molecule has 116 valence electrons. The molecule has 0 atom stereocenters. The van der Waals surface area contributed by atoms with E-state index in [2.05, 4.69) is 5.32 Å². The Morgan fingerprint density at radius 3 is 2.19 bits per heavy atom. The van der Waals surface area contributed by atoms with Crippen molar-refractivity contribution in [3.63, 3.8) is 0 Å². The van der Waals surface area contributed by atoms with E-state index in [-0.39, 0.29) is 21.8 Å². The Bertz CT molecular complexity index is 597. The zero-order chi connectivity index (χ0) is 16.6. The number of hydrogen-bond acceptors (Lipinski definition) is 2. The molecule has 1 aromatic carbocycles. The summed E-state index contributed by atoms with van der Waals surface area (Å²) in [5.74, 6) is -2.59. The third-order valence-corrected chi connectivity index (χ3v) is 3.47. The highest BCUT2D eigenvalue weighted by atomic mass is 35.5. The Balaban J connectivity index is 3.23. The van der Waals surface area contributed by atoms with Crippen LogP contribution in [0.4, 0.5) is 18.9 Å². The van der Waals surface area contributed by atoms with Gasteiger partial charge >= 0.3 is 12.1 Å². The SMILES string of the molecule is Cc1c(C(=O)O)ccc(Cl)c1NC(=O)C(C)(C)C(F)(F)F. The highest BCUT2D eigenvalue weighted by molar-refractivity contribution is 6.34. The van der Waals surface area contributed by atoms with Crippen LogP contribution in [0.5, 0.6) is 0 Å². The molecule has 8 heteroatoms. The molecule has 0 fully saturated rings. The lowest BCUT2D eigenvalue weighted by Crippen LogP contribution is -2.43. The van der Waals surface area contributed by atoms with Crippen LogP contribution in [-0.4, -0.2) is 23.2 Å². The van der Waals surface area contributed by atoms with Crippen LogP contribution in [0.25, 0.3) is 0 Å². The zero-order valence-electron chi connectivity index (χ0n) is 11.4. The zero-order valence-corrected chi connectivity index (χ0v) is 12.2. The number of carboxylic acids is 1. The molecule has 0 aliphatic heterocycles. The van der Waals surface area contributed by atoms with Gasteiger partial charge in [-0.15, -0.1) is 0 Å². The minimum atomic E-state index is -4.75. The molecule has 1 rings (SSSR count). The van der Waals surface area contributed by atoms with Crippen LogP contribution in [-0.2, 0) is 4.79 Å². The van der Waals surface area contributed by atoms with Gasteiger partial charge in [-0.3, -0.25) is 4.79 Å². The van der Waals surface area contributed by atoms with Gasteiger partial charge in [0, 0.05) is 0 Å². The van der Waals surface area contributed by atoms with Crippen LogP contribution >= 0.6 is 11.6 Å². The number of carbonyl (C=O) groups is 2. The standard InChI is InChI=1S/C13H13ClF3NO3/c1-6-7(10(19)20)4-5-8(14)9(6)18-11(21)12(2,3)13(15,16)17/h4-5H,1-3H3,(H,18,21)(H,19,20). The van der Waals surface area contributed by atoms with Crippen molar-refractivity contribution in [1.29, 1.82) is 0 Å². The number of hydrogen-bond donors (Lipinski definition) is 2. The molecule has 0 spiro atoms. The van der Waals surface area contributed by atoms with Gasteiger partial charge < -0.3 is 10.4 Å². The van der Waals surface area contributed by atoms with Gasteiger partial charge in [0.2, 0.25) is 5.91 Å². The molecule has 0 saturated heterocycles. The van der Waals surface area contributed by atoms with Crippen LogP contribution < -0.4 is 5.32 Å². The van der Waals surface area contributed by atoms with E-state index in [0.717, 1.165) is 13.8 Å². The van der Waals surface area contributed by atoms with E-state index in [1.807, 2.05) is 0 Å². The fraction of sp³-hybridized carbons (Fsp3) is 0.385. The number of carbonyl (C=O) groups excluding carboxylic acids is 1. The third kappa shape index (κ3) is 3.29. The first-order valence-corrected chi connectivity index (χ1v) is 6.18. The number of benzene rings is 1. The molecular weight excluding hydrogens is 311 g/mol. The fourth-order valence-corrected chi connectivity index (χ4v) is 1.71. The van der Waals surface area contributed by atoms with Gasteiger partial charge in [0.25, 0.3) is 0 Å². The van der Waals surface area contributed by atoms with Gasteiger partial charge in [-0.05, 0) is 38.5 Å². The van der Waals surface area contributed by atoms with Gasteiger partial charge in [0.1, 0.15) is 5.41 Å². The number of amides is 1. The molecule has 0 bridgehead atoms. The number of carboxylic acid groups (broad SMARTS) is 1. The molecular formula is C13H13ClF3NO3. The number of alkyl halides is 3. The second-order valence-corrected chi connectivity index (χ2v) is 5.38. The molecule has 0 aliphatic carbocycles. The summed E-state index contributed by atoms with van der Waals surface area (Å²) >= 11 is 5.83. The minimum absolute atomic E-state index is 0.0381. The van der Waals surface area contributed by atoms with Crippen molar-refractivity contribution in [2.24, 2.45) is 5.41 Å². The van der Waals surface area contributed by atoms with Gasteiger partial charge in [-0.25, -0.2) is 4.79 Å². The smallest absolute Gasteiger partial charge is 0.402 e. The summed E-state index contributed by atoms with van der Waals surface area (Å²) < 4.78 is 38.4. The molecule has 2 N–H and O–H groups in total.